The molecule has 3 aromatic rings. The summed E-state index contributed by atoms with van der Waals surface area (Å²) in [5, 5.41) is 7.30. The third-order valence-electron chi connectivity index (χ3n) is 4.14. The van der Waals surface area contributed by atoms with E-state index in [4.69, 9.17) is 11.6 Å². The van der Waals surface area contributed by atoms with E-state index in [2.05, 4.69) is 10.4 Å². The van der Waals surface area contributed by atoms with Gasteiger partial charge in [0.05, 0.1) is 23.6 Å². The summed E-state index contributed by atoms with van der Waals surface area (Å²) in [6.45, 7) is 3.74. The lowest BCUT2D eigenvalue weighted by Gasteiger charge is -2.09. The minimum Gasteiger partial charge on any atom is -0.319 e. The van der Waals surface area contributed by atoms with Crippen LogP contribution in [0.2, 0.25) is 5.02 Å². The second-order valence-corrected chi connectivity index (χ2v) is 6.43. The van der Waals surface area contributed by atoms with Gasteiger partial charge in [-0.1, -0.05) is 17.7 Å². The monoisotopic (exact) mass is 393 g/mol. The van der Waals surface area contributed by atoms with E-state index in [1.54, 1.807) is 24.6 Å². The highest BCUT2D eigenvalue weighted by Crippen LogP contribution is 2.24. The van der Waals surface area contributed by atoms with Crippen LogP contribution in [0.5, 0.6) is 0 Å². The lowest BCUT2D eigenvalue weighted by Crippen LogP contribution is -2.14. The van der Waals surface area contributed by atoms with Crippen LogP contribution in [0.3, 0.4) is 0 Å². The van der Waals surface area contributed by atoms with Gasteiger partial charge in [0.25, 0.3) is 5.91 Å². The van der Waals surface area contributed by atoms with Gasteiger partial charge in [-0.25, -0.2) is 13.2 Å². The lowest BCUT2D eigenvalue weighted by atomic mass is 10.2. The van der Waals surface area contributed by atoms with Gasteiger partial charge in [-0.2, -0.15) is 5.10 Å². The predicted octanol–water partition coefficient (Wildman–Crippen LogP) is 4.87. The first kappa shape index (κ1) is 19.0. The normalized spacial score (nSPS) is 10.9. The Balaban J connectivity index is 1.85. The molecule has 2 aromatic carbocycles. The second-order valence-electron chi connectivity index (χ2n) is 6.02. The van der Waals surface area contributed by atoms with Gasteiger partial charge in [-0.3, -0.25) is 9.48 Å². The van der Waals surface area contributed by atoms with Crippen molar-refractivity contribution in [3.05, 3.63) is 81.4 Å². The second kappa shape index (κ2) is 7.44. The molecule has 4 nitrogen and oxygen atoms in total. The van der Waals surface area contributed by atoms with Crippen LogP contribution in [-0.4, -0.2) is 15.7 Å². The molecule has 0 radical (unpaired) electrons. The highest BCUT2D eigenvalue weighted by Gasteiger charge is 2.17. The van der Waals surface area contributed by atoms with Gasteiger partial charge in [0.2, 0.25) is 0 Å². The number of hydrogen-bond acceptors (Lipinski definition) is 2. The quantitative estimate of drug-likeness (QED) is 0.687. The summed E-state index contributed by atoms with van der Waals surface area (Å²) in [5.41, 5.74) is 2.30. The average Bonchev–Trinajstić information content (AvgIpc) is 2.87. The topological polar surface area (TPSA) is 46.9 Å². The highest BCUT2D eigenvalue weighted by atomic mass is 35.5. The Morgan fingerprint density at radius 3 is 2.52 bits per heavy atom. The van der Waals surface area contributed by atoms with E-state index in [9.17, 15) is 18.0 Å². The molecule has 1 aromatic heterocycles. The molecule has 0 saturated carbocycles. The number of rotatable bonds is 4. The van der Waals surface area contributed by atoms with Crippen molar-refractivity contribution in [3.8, 4) is 0 Å². The number of amides is 1. The molecule has 0 aliphatic heterocycles. The molecule has 0 aliphatic rings. The van der Waals surface area contributed by atoms with Gasteiger partial charge in [0.15, 0.2) is 11.6 Å². The fraction of sp³-hybridized carbons (Fsp3) is 0.158. The minimum atomic E-state index is -1.10. The van der Waals surface area contributed by atoms with Gasteiger partial charge in [0, 0.05) is 10.6 Å². The van der Waals surface area contributed by atoms with Crippen molar-refractivity contribution in [3.63, 3.8) is 0 Å². The average molecular weight is 394 g/mol. The summed E-state index contributed by atoms with van der Waals surface area (Å²) in [7, 11) is 0. The van der Waals surface area contributed by atoms with Crippen LogP contribution >= 0.6 is 11.6 Å². The first-order chi connectivity index (χ1) is 12.8. The Hall–Kier alpha value is -2.80. The van der Waals surface area contributed by atoms with Gasteiger partial charge in [0.1, 0.15) is 5.82 Å². The number of nitrogens with one attached hydrogen (secondary N) is 1. The summed E-state index contributed by atoms with van der Waals surface area (Å²) in [6.07, 6.45) is 0. The molecule has 0 unspecified atom stereocenters. The fourth-order valence-corrected chi connectivity index (χ4v) is 2.89. The molecule has 1 heterocycles. The van der Waals surface area contributed by atoms with E-state index in [0.29, 0.717) is 22.6 Å². The van der Waals surface area contributed by atoms with Crippen molar-refractivity contribution in [1.82, 2.24) is 9.78 Å². The molecule has 0 atom stereocenters. The lowest BCUT2D eigenvalue weighted by molar-refractivity contribution is 0.102. The van der Waals surface area contributed by atoms with Crippen LogP contribution < -0.4 is 5.32 Å². The largest absolute Gasteiger partial charge is 0.319 e. The number of carbonyl (C=O) groups is 1. The Morgan fingerprint density at radius 2 is 1.85 bits per heavy atom. The maximum absolute atomic E-state index is 13.3. The van der Waals surface area contributed by atoms with E-state index in [1.807, 2.05) is 0 Å². The Morgan fingerprint density at radius 1 is 1.11 bits per heavy atom. The predicted molar refractivity (Wildman–Crippen MR) is 96.5 cm³/mol. The van der Waals surface area contributed by atoms with E-state index in [1.165, 1.54) is 18.2 Å². The third-order valence-corrected chi connectivity index (χ3v) is 4.49. The number of aromatic nitrogens is 2. The van der Waals surface area contributed by atoms with Gasteiger partial charge >= 0.3 is 0 Å². The fourth-order valence-electron chi connectivity index (χ4n) is 2.67. The van der Waals surface area contributed by atoms with Crippen LogP contribution in [0.25, 0.3) is 0 Å². The molecule has 3 rings (SSSR count). The number of nitrogens with zero attached hydrogens (tertiary/aromatic N) is 2. The van der Waals surface area contributed by atoms with E-state index in [-0.39, 0.29) is 17.1 Å². The van der Waals surface area contributed by atoms with Gasteiger partial charge in [-0.15, -0.1) is 0 Å². The minimum absolute atomic E-state index is 0.0120. The number of halogens is 4. The number of benzene rings is 2. The van der Waals surface area contributed by atoms with Crippen molar-refractivity contribution in [2.75, 3.05) is 5.32 Å². The van der Waals surface area contributed by atoms with Crippen LogP contribution in [0.4, 0.5) is 18.9 Å². The first-order valence-electron chi connectivity index (χ1n) is 8.00. The molecule has 1 amide bonds. The summed E-state index contributed by atoms with van der Waals surface area (Å²) in [4.78, 5) is 12.3. The zero-order valence-corrected chi connectivity index (χ0v) is 15.2. The third kappa shape index (κ3) is 3.98. The number of hydrogen-bond donors (Lipinski definition) is 1. The Labute approximate surface area is 158 Å². The maximum atomic E-state index is 13.3. The summed E-state index contributed by atoms with van der Waals surface area (Å²) >= 11 is 6.05. The molecule has 140 valence electrons. The summed E-state index contributed by atoms with van der Waals surface area (Å²) in [5.74, 6) is -3.14. The molecule has 0 aliphatic carbocycles. The maximum Gasteiger partial charge on any atom is 0.255 e. The Kier molecular flexibility index (Phi) is 5.23. The molecule has 27 heavy (non-hydrogen) atoms. The molecule has 0 spiro atoms. The first-order valence-corrected chi connectivity index (χ1v) is 8.38. The number of carbonyl (C=O) groups excluding carboxylic acids is 1. The van der Waals surface area contributed by atoms with E-state index < -0.39 is 23.4 Å². The van der Waals surface area contributed by atoms with Crippen LogP contribution in [0, 0.1) is 31.3 Å². The molecule has 0 fully saturated rings. The number of anilines is 1. The molecule has 8 heteroatoms. The van der Waals surface area contributed by atoms with Gasteiger partial charge in [-0.05, 0) is 49.7 Å². The van der Waals surface area contributed by atoms with Gasteiger partial charge < -0.3 is 5.32 Å². The van der Waals surface area contributed by atoms with Crippen LogP contribution in [-0.2, 0) is 6.54 Å². The van der Waals surface area contributed by atoms with E-state index >= 15 is 0 Å². The standard InChI is InChI=1S/C19H15ClF3N3O/c1-10-18(24-19(27)12-4-6-16(22)17(23)7-12)11(2)26(25-10)9-13-3-5-14(21)8-15(13)20/h3-8H,9H2,1-2H3,(H,24,27). The molecule has 0 saturated heterocycles. The van der Waals surface area contributed by atoms with Crippen molar-refractivity contribution in [2.24, 2.45) is 0 Å². The summed E-state index contributed by atoms with van der Waals surface area (Å²) < 4.78 is 41.2. The van der Waals surface area contributed by atoms with Crippen LogP contribution in [0.1, 0.15) is 27.3 Å². The molecule has 1 N–H and O–H groups in total. The van der Waals surface area contributed by atoms with Crippen LogP contribution in [0.15, 0.2) is 36.4 Å². The Bertz CT molecular complexity index is 1030. The van der Waals surface area contributed by atoms with Crippen molar-refractivity contribution in [2.45, 2.75) is 20.4 Å². The highest BCUT2D eigenvalue weighted by molar-refractivity contribution is 6.31. The van der Waals surface area contributed by atoms with Crippen molar-refractivity contribution < 1.29 is 18.0 Å². The van der Waals surface area contributed by atoms with Crippen molar-refractivity contribution in [1.29, 1.82) is 0 Å². The number of aryl methyl sites for hydroxylation is 1. The SMILES string of the molecule is Cc1nn(Cc2ccc(F)cc2Cl)c(C)c1NC(=O)c1ccc(F)c(F)c1. The van der Waals surface area contributed by atoms with E-state index in [0.717, 1.165) is 12.1 Å². The molecule has 0 bridgehead atoms. The zero-order valence-electron chi connectivity index (χ0n) is 14.5. The molecular formula is C19H15ClF3N3O. The molecular weight excluding hydrogens is 379 g/mol. The van der Waals surface area contributed by atoms with Crippen molar-refractivity contribution >= 4 is 23.2 Å². The smallest absolute Gasteiger partial charge is 0.255 e. The zero-order chi connectivity index (χ0) is 19.7. The summed E-state index contributed by atoms with van der Waals surface area (Å²) in [6, 6.07) is 7.00.